The molecule has 1 aliphatic carbocycles. The molecule has 0 aromatic carbocycles. The molecule has 92 valence electrons. The monoisotopic (exact) mass is 236 g/mol. The van der Waals surface area contributed by atoms with Crippen LogP contribution in [0.4, 0.5) is 13.2 Å². The van der Waals surface area contributed by atoms with E-state index in [1.54, 1.807) is 4.90 Å². The minimum absolute atomic E-state index is 0.332. The summed E-state index contributed by atoms with van der Waals surface area (Å²) in [6.45, 7) is 0.339. The van der Waals surface area contributed by atoms with Crippen LogP contribution in [0.5, 0.6) is 0 Å². The Labute approximate surface area is 92.2 Å². The van der Waals surface area contributed by atoms with Crippen molar-refractivity contribution in [1.29, 1.82) is 0 Å². The first-order valence-corrected chi connectivity index (χ1v) is 5.46. The van der Waals surface area contributed by atoms with Gasteiger partial charge in [-0.15, -0.1) is 0 Å². The van der Waals surface area contributed by atoms with Crippen LogP contribution in [0.15, 0.2) is 0 Å². The molecule has 0 unspecified atom stereocenters. The molecule has 1 saturated heterocycles. The molecule has 1 heterocycles. The number of halogens is 3. The molecule has 6 heteroatoms. The normalized spacial score (nSPS) is 25.6. The molecule has 0 aromatic heterocycles. The Morgan fingerprint density at radius 1 is 1.25 bits per heavy atom. The highest BCUT2D eigenvalue weighted by atomic mass is 19.4. The van der Waals surface area contributed by atoms with E-state index in [2.05, 4.69) is 0 Å². The summed E-state index contributed by atoms with van der Waals surface area (Å²) in [7, 11) is 0. The van der Waals surface area contributed by atoms with E-state index in [1.807, 2.05) is 0 Å². The molecule has 2 aliphatic rings. The van der Waals surface area contributed by atoms with Gasteiger partial charge in [0, 0.05) is 25.2 Å². The molecule has 2 rings (SSSR count). The average Bonchev–Trinajstić information content (AvgIpc) is 2.13. The lowest BCUT2D eigenvalue weighted by atomic mass is 9.73. The number of hydrogen-bond acceptors (Lipinski definition) is 2. The number of carbonyl (C=O) groups excluding carboxylic acids is 1. The fourth-order valence-electron chi connectivity index (χ4n) is 2.66. The smallest absolute Gasteiger partial charge is 0.342 e. The summed E-state index contributed by atoms with van der Waals surface area (Å²) in [6, 6.07) is 0. The van der Waals surface area contributed by atoms with Crippen molar-refractivity contribution in [3.05, 3.63) is 0 Å². The molecule has 1 spiro atoms. The van der Waals surface area contributed by atoms with Crippen LogP contribution in [0.25, 0.3) is 0 Å². The zero-order chi connectivity index (χ0) is 11.8. The largest absolute Gasteiger partial charge is 0.401 e. The second-order valence-corrected chi connectivity index (χ2v) is 4.69. The minimum atomic E-state index is -4.15. The molecule has 0 radical (unpaired) electrons. The highest BCUT2D eigenvalue weighted by molar-refractivity contribution is 5.47. The van der Waals surface area contributed by atoms with Crippen LogP contribution in [-0.4, -0.2) is 54.1 Å². The van der Waals surface area contributed by atoms with Crippen LogP contribution >= 0.6 is 0 Å². The average molecular weight is 236 g/mol. The molecule has 2 fully saturated rings. The quantitative estimate of drug-likeness (QED) is 0.674. The Balaban J connectivity index is 2.05. The predicted molar refractivity (Wildman–Crippen MR) is 51.8 cm³/mol. The van der Waals surface area contributed by atoms with Crippen LogP contribution in [0.3, 0.4) is 0 Å². The Bertz CT molecular complexity index is 276. The lowest BCUT2D eigenvalue weighted by Gasteiger charge is -2.55. The summed E-state index contributed by atoms with van der Waals surface area (Å²) >= 11 is 0. The van der Waals surface area contributed by atoms with Gasteiger partial charge in [0.25, 0.3) is 0 Å². The van der Waals surface area contributed by atoms with Gasteiger partial charge in [0.15, 0.2) is 0 Å². The summed E-state index contributed by atoms with van der Waals surface area (Å²) < 4.78 is 37.2. The van der Waals surface area contributed by atoms with Crippen molar-refractivity contribution < 1.29 is 18.0 Å². The van der Waals surface area contributed by atoms with Crippen molar-refractivity contribution in [2.45, 2.75) is 31.0 Å². The number of nitrogens with zero attached hydrogens (tertiary/aromatic N) is 2. The van der Waals surface area contributed by atoms with Crippen molar-refractivity contribution >= 4 is 6.41 Å². The maximum atomic E-state index is 12.4. The van der Waals surface area contributed by atoms with Crippen LogP contribution in [0, 0.1) is 0 Å². The minimum Gasteiger partial charge on any atom is -0.342 e. The zero-order valence-electron chi connectivity index (χ0n) is 8.96. The number of hydrogen-bond donors (Lipinski definition) is 0. The van der Waals surface area contributed by atoms with E-state index < -0.39 is 18.3 Å². The Kier molecular flexibility index (Phi) is 2.86. The fourth-order valence-corrected chi connectivity index (χ4v) is 2.66. The lowest BCUT2D eigenvalue weighted by Crippen LogP contribution is -2.66. The van der Waals surface area contributed by atoms with E-state index in [1.165, 1.54) is 4.90 Å². The maximum Gasteiger partial charge on any atom is 0.401 e. The summed E-state index contributed by atoms with van der Waals surface area (Å²) in [4.78, 5) is 13.8. The molecular weight excluding hydrogens is 221 g/mol. The first-order valence-electron chi connectivity index (χ1n) is 5.46. The molecule has 16 heavy (non-hydrogen) atoms. The molecule has 0 aromatic rings. The van der Waals surface area contributed by atoms with Gasteiger partial charge in [0.2, 0.25) is 6.41 Å². The third-order valence-electron chi connectivity index (χ3n) is 3.63. The zero-order valence-corrected chi connectivity index (χ0v) is 8.96. The first kappa shape index (κ1) is 11.7. The topological polar surface area (TPSA) is 23.6 Å². The highest BCUT2D eigenvalue weighted by Gasteiger charge is 2.49. The first-order chi connectivity index (χ1) is 7.45. The summed E-state index contributed by atoms with van der Waals surface area (Å²) in [5, 5.41) is 0. The van der Waals surface area contributed by atoms with Crippen LogP contribution in [-0.2, 0) is 4.79 Å². The van der Waals surface area contributed by atoms with E-state index in [0.29, 0.717) is 19.6 Å². The summed E-state index contributed by atoms with van der Waals surface area (Å²) in [5.74, 6) is 0. The number of piperazine rings is 1. The molecule has 1 amide bonds. The molecular formula is C10H15F3N2O. The summed E-state index contributed by atoms with van der Waals surface area (Å²) in [6.07, 6.45) is -0.904. The maximum absolute atomic E-state index is 12.4. The molecule has 1 saturated carbocycles. The van der Waals surface area contributed by atoms with Crippen molar-refractivity contribution in [1.82, 2.24) is 9.80 Å². The van der Waals surface area contributed by atoms with Crippen LogP contribution in [0.1, 0.15) is 19.3 Å². The van der Waals surface area contributed by atoms with Gasteiger partial charge in [-0.2, -0.15) is 13.2 Å². The number of carbonyl (C=O) groups is 1. The van der Waals surface area contributed by atoms with Crippen LogP contribution < -0.4 is 0 Å². The van der Waals surface area contributed by atoms with Crippen molar-refractivity contribution in [3.63, 3.8) is 0 Å². The van der Waals surface area contributed by atoms with E-state index in [0.717, 1.165) is 25.7 Å². The molecule has 1 aliphatic heterocycles. The van der Waals surface area contributed by atoms with Gasteiger partial charge in [-0.1, -0.05) is 0 Å². The fraction of sp³-hybridized carbons (Fsp3) is 0.900. The van der Waals surface area contributed by atoms with Gasteiger partial charge in [0.1, 0.15) is 0 Å². The van der Waals surface area contributed by atoms with Gasteiger partial charge in [0.05, 0.1) is 6.54 Å². The standard InChI is InChI=1S/C10H15F3N2O/c11-10(12,13)7-15-5-4-14(8-16)6-9(15)2-1-3-9/h8H,1-7H2. The van der Waals surface area contributed by atoms with E-state index in [4.69, 9.17) is 0 Å². The number of amides is 1. The van der Waals surface area contributed by atoms with E-state index in [9.17, 15) is 18.0 Å². The van der Waals surface area contributed by atoms with Crippen LogP contribution in [0.2, 0.25) is 0 Å². The summed E-state index contributed by atoms with van der Waals surface area (Å²) in [5.41, 5.74) is -0.394. The third kappa shape index (κ3) is 2.16. The molecule has 3 nitrogen and oxygen atoms in total. The van der Waals surface area contributed by atoms with Gasteiger partial charge < -0.3 is 4.90 Å². The Morgan fingerprint density at radius 2 is 1.94 bits per heavy atom. The Hall–Kier alpha value is -0.780. The van der Waals surface area contributed by atoms with Crippen molar-refractivity contribution in [3.8, 4) is 0 Å². The van der Waals surface area contributed by atoms with Gasteiger partial charge in [-0.25, -0.2) is 0 Å². The van der Waals surface area contributed by atoms with Crippen molar-refractivity contribution in [2.75, 3.05) is 26.2 Å². The van der Waals surface area contributed by atoms with Gasteiger partial charge in [-0.3, -0.25) is 9.69 Å². The number of alkyl halides is 3. The molecule has 0 bridgehead atoms. The second-order valence-electron chi connectivity index (χ2n) is 4.69. The highest BCUT2D eigenvalue weighted by Crippen LogP contribution is 2.41. The SMILES string of the molecule is O=CN1CCN(CC(F)(F)F)C2(CCC2)C1. The lowest BCUT2D eigenvalue weighted by molar-refractivity contribution is -0.178. The third-order valence-corrected chi connectivity index (χ3v) is 3.63. The molecule has 0 atom stereocenters. The second kappa shape index (κ2) is 3.91. The van der Waals surface area contributed by atoms with E-state index in [-0.39, 0.29) is 0 Å². The van der Waals surface area contributed by atoms with Crippen molar-refractivity contribution in [2.24, 2.45) is 0 Å². The Morgan fingerprint density at radius 3 is 2.38 bits per heavy atom. The molecule has 0 N–H and O–H groups in total. The van der Waals surface area contributed by atoms with Gasteiger partial charge >= 0.3 is 6.18 Å². The number of rotatable bonds is 2. The predicted octanol–water partition coefficient (Wildman–Crippen LogP) is 1.25. The van der Waals surface area contributed by atoms with Gasteiger partial charge in [-0.05, 0) is 19.3 Å². The van der Waals surface area contributed by atoms with E-state index >= 15 is 0 Å².